The number of hydrogen-bond acceptors (Lipinski definition) is 3. The first-order valence-corrected chi connectivity index (χ1v) is 8.36. The van der Waals surface area contributed by atoms with E-state index in [9.17, 15) is 9.59 Å². The third kappa shape index (κ3) is 6.93. The van der Waals surface area contributed by atoms with Crippen LogP contribution in [0.5, 0.6) is 0 Å². The van der Waals surface area contributed by atoms with E-state index in [1.54, 1.807) is 0 Å². The van der Waals surface area contributed by atoms with Gasteiger partial charge in [0, 0.05) is 19.1 Å². The molecular weight excluding hydrogens is 266 g/mol. The number of carbonyl (C=O) groups excluding carboxylic acids is 2. The van der Waals surface area contributed by atoms with Gasteiger partial charge in [0.15, 0.2) is 0 Å². The van der Waals surface area contributed by atoms with Crippen molar-refractivity contribution in [2.45, 2.75) is 58.9 Å². The first-order valence-electron chi connectivity index (χ1n) is 8.36. The highest BCUT2D eigenvalue weighted by molar-refractivity contribution is 5.80. The molecule has 2 N–H and O–H groups in total. The Morgan fingerprint density at radius 2 is 2.05 bits per heavy atom. The molecule has 0 bridgehead atoms. The average Bonchev–Trinajstić information content (AvgIpc) is 2.45. The van der Waals surface area contributed by atoms with Gasteiger partial charge in [0.2, 0.25) is 11.8 Å². The van der Waals surface area contributed by atoms with Crippen molar-refractivity contribution in [3.8, 4) is 0 Å². The Labute approximate surface area is 128 Å². The highest BCUT2D eigenvalue weighted by atomic mass is 16.2. The van der Waals surface area contributed by atoms with E-state index < -0.39 is 0 Å². The van der Waals surface area contributed by atoms with E-state index in [2.05, 4.69) is 29.4 Å². The highest BCUT2D eigenvalue weighted by Crippen LogP contribution is 2.16. The maximum atomic E-state index is 12.2. The molecule has 1 saturated heterocycles. The standard InChI is InChI=1S/C16H31N3O2/c1-4-7-13(3)18-16(21)14-8-6-10-19(11-14)12-15(20)17-9-5-2/h13-14H,4-12H2,1-3H3,(H,17,20)(H,18,21)/t13-,14+/m1/s1. The number of piperidine rings is 1. The monoisotopic (exact) mass is 297 g/mol. The summed E-state index contributed by atoms with van der Waals surface area (Å²) < 4.78 is 0. The van der Waals surface area contributed by atoms with Crippen LogP contribution in [0.4, 0.5) is 0 Å². The summed E-state index contributed by atoms with van der Waals surface area (Å²) in [6.07, 6.45) is 4.96. The molecular formula is C16H31N3O2. The molecule has 122 valence electrons. The molecule has 21 heavy (non-hydrogen) atoms. The minimum Gasteiger partial charge on any atom is -0.355 e. The molecule has 2 amide bonds. The molecule has 1 rings (SSSR count). The Hall–Kier alpha value is -1.10. The SMILES string of the molecule is CCCNC(=O)CN1CCC[C@H](C(=O)N[C@H](C)CCC)C1. The molecule has 1 heterocycles. The van der Waals surface area contributed by atoms with Crippen molar-refractivity contribution in [2.75, 3.05) is 26.2 Å². The molecule has 1 aliphatic heterocycles. The van der Waals surface area contributed by atoms with Crippen LogP contribution in [0.3, 0.4) is 0 Å². The van der Waals surface area contributed by atoms with Crippen molar-refractivity contribution in [3.05, 3.63) is 0 Å². The number of nitrogens with zero attached hydrogens (tertiary/aromatic N) is 1. The minimum atomic E-state index is 0.0250. The van der Waals surface area contributed by atoms with Crippen LogP contribution >= 0.6 is 0 Å². The molecule has 0 unspecified atom stereocenters. The number of amides is 2. The zero-order chi connectivity index (χ0) is 15.7. The lowest BCUT2D eigenvalue weighted by Gasteiger charge is -2.32. The summed E-state index contributed by atoms with van der Waals surface area (Å²) >= 11 is 0. The van der Waals surface area contributed by atoms with Crippen LogP contribution in [0.2, 0.25) is 0 Å². The van der Waals surface area contributed by atoms with E-state index in [-0.39, 0.29) is 23.8 Å². The third-order valence-corrected chi connectivity index (χ3v) is 3.93. The molecule has 0 spiro atoms. The fourth-order valence-corrected chi connectivity index (χ4v) is 2.80. The molecule has 0 aromatic heterocycles. The Kier molecular flexibility index (Phi) is 8.35. The van der Waals surface area contributed by atoms with Gasteiger partial charge in [-0.15, -0.1) is 0 Å². The lowest BCUT2D eigenvalue weighted by atomic mass is 9.96. The van der Waals surface area contributed by atoms with Crippen LogP contribution < -0.4 is 10.6 Å². The largest absolute Gasteiger partial charge is 0.355 e. The molecule has 0 aliphatic carbocycles. The summed E-state index contributed by atoms with van der Waals surface area (Å²) in [5, 5.41) is 5.98. The zero-order valence-corrected chi connectivity index (χ0v) is 13.8. The van der Waals surface area contributed by atoms with E-state index in [4.69, 9.17) is 0 Å². The van der Waals surface area contributed by atoms with Gasteiger partial charge in [-0.1, -0.05) is 20.3 Å². The van der Waals surface area contributed by atoms with Gasteiger partial charge in [0.25, 0.3) is 0 Å². The lowest BCUT2D eigenvalue weighted by molar-refractivity contribution is -0.129. The summed E-state index contributed by atoms with van der Waals surface area (Å²) in [5.74, 6) is 0.240. The molecule has 0 saturated carbocycles. The van der Waals surface area contributed by atoms with Crippen LogP contribution in [0.25, 0.3) is 0 Å². The third-order valence-electron chi connectivity index (χ3n) is 3.93. The van der Waals surface area contributed by atoms with E-state index in [0.717, 1.165) is 45.2 Å². The molecule has 1 aliphatic rings. The van der Waals surface area contributed by atoms with Crippen molar-refractivity contribution in [3.63, 3.8) is 0 Å². The summed E-state index contributed by atoms with van der Waals surface area (Å²) in [6, 6.07) is 0.241. The van der Waals surface area contributed by atoms with Gasteiger partial charge in [0.1, 0.15) is 0 Å². The Bertz CT molecular complexity index is 333. The minimum absolute atomic E-state index is 0.0250. The van der Waals surface area contributed by atoms with Gasteiger partial charge < -0.3 is 10.6 Å². The molecule has 2 atom stereocenters. The first kappa shape index (κ1) is 18.0. The van der Waals surface area contributed by atoms with E-state index in [0.29, 0.717) is 13.1 Å². The fraction of sp³-hybridized carbons (Fsp3) is 0.875. The highest BCUT2D eigenvalue weighted by Gasteiger charge is 2.27. The van der Waals surface area contributed by atoms with Crippen molar-refractivity contribution < 1.29 is 9.59 Å². The summed E-state index contributed by atoms with van der Waals surface area (Å²) in [6.45, 7) is 8.97. The van der Waals surface area contributed by atoms with Crippen LogP contribution in [0.15, 0.2) is 0 Å². The van der Waals surface area contributed by atoms with Crippen LogP contribution in [-0.2, 0) is 9.59 Å². The second kappa shape index (κ2) is 9.77. The molecule has 0 radical (unpaired) electrons. The summed E-state index contributed by atoms with van der Waals surface area (Å²) in [7, 11) is 0. The maximum absolute atomic E-state index is 12.2. The maximum Gasteiger partial charge on any atom is 0.234 e. The number of likely N-dealkylation sites (tertiary alicyclic amines) is 1. The Balaban J connectivity index is 2.37. The summed E-state index contributed by atoms with van der Waals surface area (Å²) in [4.78, 5) is 26.1. The predicted molar refractivity (Wildman–Crippen MR) is 85.0 cm³/mol. The Morgan fingerprint density at radius 3 is 2.71 bits per heavy atom. The Morgan fingerprint density at radius 1 is 1.29 bits per heavy atom. The van der Waals surface area contributed by atoms with E-state index in [1.807, 2.05) is 6.92 Å². The quantitative estimate of drug-likeness (QED) is 0.714. The first-order chi connectivity index (χ1) is 10.1. The van der Waals surface area contributed by atoms with Crippen molar-refractivity contribution in [2.24, 2.45) is 5.92 Å². The van der Waals surface area contributed by atoms with Gasteiger partial charge in [-0.3, -0.25) is 14.5 Å². The van der Waals surface area contributed by atoms with E-state index >= 15 is 0 Å². The van der Waals surface area contributed by atoms with Crippen LogP contribution in [-0.4, -0.2) is 48.9 Å². The second-order valence-corrected chi connectivity index (χ2v) is 6.12. The fourth-order valence-electron chi connectivity index (χ4n) is 2.80. The van der Waals surface area contributed by atoms with E-state index in [1.165, 1.54) is 0 Å². The van der Waals surface area contributed by atoms with Crippen LogP contribution in [0.1, 0.15) is 52.9 Å². The smallest absolute Gasteiger partial charge is 0.234 e. The van der Waals surface area contributed by atoms with Crippen molar-refractivity contribution in [1.82, 2.24) is 15.5 Å². The zero-order valence-electron chi connectivity index (χ0n) is 13.8. The van der Waals surface area contributed by atoms with Gasteiger partial charge in [0.05, 0.1) is 12.5 Å². The normalized spacial score (nSPS) is 20.8. The van der Waals surface area contributed by atoms with Gasteiger partial charge in [-0.25, -0.2) is 0 Å². The lowest BCUT2D eigenvalue weighted by Crippen LogP contribution is -2.47. The predicted octanol–water partition coefficient (Wildman–Crippen LogP) is 1.53. The molecule has 1 fully saturated rings. The average molecular weight is 297 g/mol. The molecule has 5 heteroatoms. The number of hydrogen-bond donors (Lipinski definition) is 2. The van der Waals surface area contributed by atoms with Crippen molar-refractivity contribution >= 4 is 11.8 Å². The second-order valence-electron chi connectivity index (χ2n) is 6.12. The number of nitrogens with one attached hydrogen (secondary N) is 2. The topological polar surface area (TPSA) is 61.4 Å². The van der Waals surface area contributed by atoms with Gasteiger partial charge in [-0.05, 0) is 39.2 Å². The number of rotatable bonds is 8. The number of carbonyl (C=O) groups is 2. The summed E-state index contributed by atoms with van der Waals surface area (Å²) in [5.41, 5.74) is 0. The van der Waals surface area contributed by atoms with Crippen molar-refractivity contribution in [1.29, 1.82) is 0 Å². The van der Waals surface area contributed by atoms with Gasteiger partial charge in [-0.2, -0.15) is 0 Å². The molecule has 0 aromatic rings. The van der Waals surface area contributed by atoms with Crippen LogP contribution in [0, 0.1) is 5.92 Å². The molecule has 0 aromatic carbocycles. The molecule has 5 nitrogen and oxygen atoms in total. The van der Waals surface area contributed by atoms with Gasteiger partial charge >= 0.3 is 0 Å².